The van der Waals surface area contributed by atoms with Gasteiger partial charge in [0.15, 0.2) is 0 Å². The molecule has 0 heterocycles. The first-order valence-electron chi connectivity index (χ1n) is 6.80. The van der Waals surface area contributed by atoms with Crippen LogP contribution in [0.2, 0.25) is 10.0 Å². The van der Waals surface area contributed by atoms with E-state index in [-0.39, 0.29) is 11.9 Å². The van der Waals surface area contributed by atoms with Crippen molar-refractivity contribution in [1.82, 2.24) is 5.32 Å². The number of nitrogens with one attached hydrogen (secondary N) is 1. The number of carbonyl (C=O) groups excluding carboxylic acids is 1. The summed E-state index contributed by atoms with van der Waals surface area (Å²) in [5.74, 6) is -0.128. The van der Waals surface area contributed by atoms with Gasteiger partial charge in [0.05, 0.1) is 5.54 Å². The largest absolute Gasteiger partial charge is 0.352 e. The highest BCUT2D eigenvalue weighted by Gasteiger charge is 2.28. The molecule has 1 rings (SSSR count). The molecule has 112 valence electrons. The molecule has 0 radical (unpaired) electrons. The maximum Gasteiger partial charge on any atom is 0.240 e. The summed E-state index contributed by atoms with van der Waals surface area (Å²) in [4.78, 5) is 12.1. The molecule has 0 saturated carbocycles. The minimum Gasteiger partial charge on any atom is -0.352 e. The highest BCUT2D eigenvalue weighted by Crippen LogP contribution is 2.22. The third-order valence-corrected chi connectivity index (χ3v) is 3.79. The third-order valence-electron chi connectivity index (χ3n) is 3.21. The molecule has 0 aliphatic rings. The molecule has 20 heavy (non-hydrogen) atoms. The molecular formula is C15H22Cl2N2O. The lowest BCUT2D eigenvalue weighted by Gasteiger charge is -2.25. The summed E-state index contributed by atoms with van der Waals surface area (Å²) >= 11 is 12.0. The van der Waals surface area contributed by atoms with Crippen molar-refractivity contribution in [3.05, 3.63) is 33.8 Å². The topological polar surface area (TPSA) is 55.1 Å². The van der Waals surface area contributed by atoms with E-state index in [2.05, 4.69) is 5.32 Å². The smallest absolute Gasteiger partial charge is 0.240 e. The number of nitrogens with two attached hydrogens (primary N) is 1. The van der Waals surface area contributed by atoms with Crippen LogP contribution >= 0.6 is 23.2 Å². The van der Waals surface area contributed by atoms with Gasteiger partial charge in [0.25, 0.3) is 0 Å². The van der Waals surface area contributed by atoms with Crippen molar-refractivity contribution in [2.45, 2.75) is 51.6 Å². The van der Waals surface area contributed by atoms with Gasteiger partial charge >= 0.3 is 0 Å². The predicted octanol–water partition coefficient (Wildman–Crippen LogP) is 3.56. The Morgan fingerprint density at radius 2 is 2.10 bits per heavy atom. The van der Waals surface area contributed by atoms with Crippen molar-refractivity contribution in [1.29, 1.82) is 0 Å². The van der Waals surface area contributed by atoms with Crippen molar-refractivity contribution in [2.24, 2.45) is 5.73 Å². The molecule has 0 fully saturated rings. The Kier molecular flexibility index (Phi) is 6.31. The van der Waals surface area contributed by atoms with E-state index in [9.17, 15) is 4.79 Å². The zero-order valence-corrected chi connectivity index (χ0v) is 13.7. The fourth-order valence-electron chi connectivity index (χ4n) is 2.09. The van der Waals surface area contributed by atoms with E-state index in [1.54, 1.807) is 19.1 Å². The molecule has 0 aromatic heterocycles. The van der Waals surface area contributed by atoms with Gasteiger partial charge in [-0.25, -0.2) is 0 Å². The van der Waals surface area contributed by atoms with E-state index in [0.717, 1.165) is 12.0 Å². The first-order valence-corrected chi connectivity index (χ1v) is 7.55. The maximum atomic E-state index is 12.1. The number of halogens is 2. The molecule has 0 saturated heterocycles. The summed E-state index contributed by atoms with van der Waals surface area (Å²) in [7, 11) is 0. The van der Waals surface area contributed by atoms with Crippen molar-refractivity contribution in [3.63, 3.8) is 0 Å². The van der Waals surface area contributed by atoms with Gasteiger partial charge in [0.2, 0.25) is 5.91 Å². The quantitative estimate of drug-likeness (QED) is 0.843. The van der Waals surface area contributed by atoms with E-state index in [4.69, 9.17) is 28.9 Å². The lowest BCUT2D eigenvalue weighted by molar-refractivity contribution is -0.126. The van der Waals surface area contributed by atoms with E-state index in [1.807, 2.05) is 19.9 Å². The Balaban J connectivity index is 2.63. The SMILES string of the molecule is CCCC(C)(N)C(=O)NC(C)Cc1ccc(Cl)cc1Cl. The van der Waals surface area contributed by atoms with Crippen LogP contribution in [-0.2, 0) is 11.2 Å². The van der Waals surface area contributed by atoms with Crippen LogP contribution in [0.15, 0.2) is 18.2 Å². The number of amides is 1. The zero-order chi connectivity index (χ0) is 15.3. The zero-order valence-electron chi connectivity index (χ0n) is 12.2. The average molecular weight is 317 g/mol. The minimum absolute atomic E-state index is 0.0408. The van der Waals surface area contributed by atoms with Crippen LogP contribution in [0.1, 0.15) is 39.2 Å². The van der Waals surface area contributed by atoms with Crippen LogP contribution in [0.5, 0.6) is 0 Å². The highest BCUT2D eigenvalue weighted by atomic mass is 35.5. The summed E-state index contributed by atoms with van der Waals surface area (Å²) < 4.78 is 0. The first-order chi connectivity index (χ1) is 9.26. The van der Waals surface area contributed by atoms with Crippen molar-refractivity contribution in [3.8, 4) is 0 Å². The summed E-state index contributed by atoms with van der Waals surface area (Å²) in [6.45, 7) is 5.70. The van der Waals surface area contributed by atoms with Crippen LogP contribution in [0, 0.1) is 0 Å². The lowest BCUT2D eigenvalue weighted by atomic mass is 9.95. The molecule has 0 aliphatic heterocycles. The molecule has 0 aliphatic carbocycles. The summed E-state index contributed by atoms with van der Waals surface area (Å²) in [5.41, 5.74) is 6.14. The molecule has 3 N–H and O–H groups in total. The lowest BCUT2D eigenvalue weighted by Crippen LogP contribution is -2.53. The Labute approximate surface area is 130 Å². The molecule has 3 nitrogen and oxygen atoms in total. The normalized spacial score (nSPS) is 15.5. The Bertz CT molecular complexity index is 475. The van der Waals surface area contributed by atoms with Crippen molar-refractivity contribution in [2.75, 3.05) is 0 Å². The van der Waals surface area contributed by atoms with Crippen LogP contribution < -0.4 is 11.1 Å². The minimum atomic E-state index is -0.827. The first kappa shape index (κ1) is 17.3. The molecule has 2 unspecified atom stereocenters. The number of benzene rings is 1. The Hall–Kier alpha value is -0.770. The summed E-state index contributed by atoms with van der Waals surface area (Å²) in [6, 6.07) is 5.33. The van der Waals surface area contributed by atoms with Crippen LogP contribution in [0.4, 0.5) is 0 Å². The molecule has 0 bridgehead atoms. The molecule has 0 spiro atoms. The van der Waals surface area contributed by atoms with Gasteiger partial charge in [-0.1, -0.05) is 42.6 Å². The monoisotopic (exact) mass is 316 g/mol. The maximum absolute atomic E-state index is 12.1. The molecule has 1 amide bonds. The van der Waals surface area contributed by atoms with Crippen molar-refractivity contribution >= 4 is 29.1 Å². The standard InChI is InChI=1S/C15H22Cl2N2O/c1-4-7-15(3,18)14(20)19-10(2)8-11-5-6-12(16)9-13(11)17/h5-6,9-10H,4,7-8,18H2,1-3H3,(H,19,20). The number of hydrogen-bond acceptors (Lipinski definition) is 2. The second kappa shape index (κ2) is 7.30. The third kappa shape index (κ3) is 4.97. The van der Waals surface area contributed by atoms with E-state index in [0.29, 0.717) is 22.9 Å². The number of rotatable bonds is 6. The molecule has 1 aromatic carbocycles. The Morgan fingerprint density at radius 1 is 1.45 bits per heavy atom. The number of carbonyl (C=O) groups is 1. The number of hydrogen-bond donors (Lipinski definition) is 2. The van der Waals surface area contributed by atoms with Gasteiger partial charge in [-0.05, 0) is 44.4 Å². The van der Waals surface area contributed by atoms with Gasteiger partial charge in [0.1, 0.15) is 0 Å². The molecule has 1 aromatic rings. The van der Waals surface area contributed by atoms with Gasteiger partial charge in [0, 0.05) is 16.1 Å². The van der Waals surface area contributed by atoms with Gasteiger partial charge in [-0.2, -0.15) is 0 Å². The van der Waals surface area contributed by atoms with Gasteiger partial charge in [-0.3, -0.25) is 4.79 Å². The highest BCUT2D eigenvalue weighted by molar-refractivity contribution is 6.35. The van der Waals surface area contributed by atoms with E-state index in [1.165, 1.54) is 0 Å². The second-order valence-corrected chi connectivity index (χ2v) is 6.33. The van der Waals surface area contributed by atoms with E-state index < -0.39 is 5.54 Å². The van der Waals surface area contributed by atoms with Crippen molar-refractivity contribution < 1.29 is 4.79 Å². The van der Waals surface area contributed by atoms with Crippen LogP contribution in [0.3, 0.4) is 0 Å². The van der Waals surface area contributed by atoms with Crippen LogP contribution in [0.25, 0.3) is 0 Å². The summed E-state index contributed by atoms with van der Waals surface area (Å²) in [6.07, 6.45) is 2.18. The van der Waals surface area contributed by atoms with E-state index >= 15 is 0 Å². The molecule has 5 heteroatoms. The fourth-order valence-corrected chi connectivity index (χ4v) is 2.58. The fraction of sp³-hybridized carbons (Fsp3) is 0.533. The predicted molar refractivity (Wildman–Crippen MR) is 85.3 cm³/mol. The average Bonchev–Trinajstić information content (AvgIpc) is 2.32. The van der Waals surface area contributed by atoms with Crippen LogP contribution in [-0.4, -0.2) is 17.5 Å². The van der Waals surface area contributed by atoms with Gasteiger partial charge < -0.3 is 11.1 Å². The molecule has 2 atom stereocenters. The van der Waals surface area contributed by atoms with Gasteiger partial charge in [-0.15, -0.1) is 0 Å². The second-order valence-electron chi connectivity index (χ2n) is 5.48. The summed E-state index contributed by atoms with van der Waals surface area (Å²) in [5, 5.41) is 4.16. The molecular weight excluding hydrogens is 295 g/mol. The Morgan fingerprint density at radius 3 is 2.65 bits per heavy atom.